The number of aromatic nitrogens is 2. The van der Waals surface area contributed by atoms with Crippen LogP contribution in [0.1, 0.15) is 36.1 Å². The minimum Gasteiger partial charge on any atom is -0.316 e. The molecule has 2 atom stereocenters. The van der Waals surface area contributed by atoms with Crippen molar-refractivity contribution in [3.63, 3.8) is 0 Å². The van der Waals surface area contributed by atoms with Gasteiger partial charge in [0.2, 0.25) is 0 Å². The van der Waals surface area contributed by atoms with Gasteiger partial charge in [-0.05, 0) is 31.4 Å². The van der Waals surface area contributed by atoms with Gasteiger partial charge in [-0.2, -0.15) is 5.10 Å². The highest BCUT2D eigenvalue weighted by Crippen LogP contribution is 2.30. The quantitative estimate of drug-likeness (QED) is 0.843. The van der Waals surface area contributed by atoms with Gasteiger partial charge < -0.3 is 5.32 Å². The molecule has 0 amide bonds. The Hall–Kier alpha value is -0.880. The normalized spacial score (nSPS) is 32.0. The zero-order valence-corrected chi connectivity index (χ0v) is 10.5. The molecule has 0 radical (unpaired) electrons. The molecule has 3 rings (SSSR count). The predicted octanol–water partition coefficient (Wildman–Crippen LogP) is 0.667. The number of nitrogens with one attached hydrogen (secondary N) is 1. The van der Waals surface area contributed by atoms with Crippen molar-refractivity contribution in [2.75, 3.05) is 18.8 Å². The molecule has 2 saturated heterocycles. The van der Waals surface area contributed by atoms with E-state index in [-0.39, 0.29) is 0 Å². The van der Waals surface area contributed by atoms with Gasteiger partial charge in [-0.25, -0.2) is 8.42 Å². The van der Waals surface area contributed by atoms with Crippen molar-refractivity contribution in [1.29, 1.82) is 0 Å². The molecule has 17 heavy (non-hydrogen) atoms. The monoisotopic (exact) mass is 255 g/mol. The molecule has 1 aromatic rings. The van der Waals surface area contributed by atoms with Crippen LogP contribution >= 0.6 is 0 Å². The zero-order chi connectivity index (χ0) is 11.9. The molecule has 0 saturated carbocycles. The molecule has 6 heteroatoms. The van der Waals surface area contributed by atoms with Gasteiger partial charge in [0.05, 0.1) is 11.9 Å². The van der Waals surface area contributed by atoms with E-state index in [1.165, 1.54) is 0 Å². The molecule has 2 unspecified atom stereocenters. The molecule has 2 aliphatic heterocycles. The Morgan fingerprint density at radius 2 is 2.29 bits per heavy atom. The molecule has 0 spiro atoms. The second-order valence-corrected chi connectivity index (χ2v) is 7.19. The molecule has 2 aliphatic rings. The van der Waals surface area contributed by atoms with Gasteiger partial charge in [-0.1, -0.05) is 0 Å². The first-order chi connectivity index (χ1) is 8.17. The van der Waals surface area contributed by atoms with E-state index in [2.05, 4.69) is 10.4 Å². The summed E-state index contributed by atoms with van der Waals surface area (Å²) in [4.78, 5) is 0. The maximum Gasteiger partial charge on any atom is 0.173 e. The van der Waals surface area contributed by atoms with Gasteiger partial charge in [0, 0.05) is 18.7 Å². The van der Waals surface area contributed by atoms with Crippen LogP contribution in [0.3, 0.4) is 0 Å². The summed E-state index contributed by atoms with van der Waals surface area (Å²) in [5.74, 6) is 0.797. The zero-order valence-electron chi connectivity index (χ0n) is 9.67. The van der Waals surface area contributed by atoms with E-state index in [1.807, 2.05) is 12.4 Å². The molecule has 0 bridgehead atoms. The van der Waals surface area contributed by atoms with Crippen LogP contribution in [0.15, 0.2) is 12.4 Å². The Labute approximate surface area is 101 Å². The summed E-state index contributed by atoms with van der Waals surface area (Å²) in [7, 11) is -2.97. The van der Waals surface area contributed by atoms with Crippen LogP contribution in [0.4, 0.5) is 0 Å². The lowest BCUT2D eigenvalue weighted by molar-refractivity contribution is 0.526. The van der Waals surface area contributed by atoms with E-state index >= 15 is 0 Å². The minimum atomic E-state index is -2.97. The number of hydrogen-bond donors (Lipinski definition) is 1. The number of hydrogen-bond acceptors (Lipinski definition) is 4. The largest absolute Gasteiger partial charge is 0.316 e. The number of rotatable bonds is 2. The molecule has 5 nitrogen and oxygen atoms in total. The summed E-state index contributed by atoms with van der Waals surface area (Å²) < 4.78 is 25.3. The fourth-order valence-corrected chi connectivity index (χ4v) is 4.54. The van der Waals surface area contributed by atoms with Crippen molar-refractivity contribution in [3.8, 4) is 0 Å². The van der Waals surface area contributed by atoms with E-state index in [9.17, 15) is 8.42 Å². The van der Waals surface area contributed by atoms with Gasteiger partial charge in [-0.3, -0.25) is 4.68 Å². The summed E-state index contributed by atoms with van der Waals surface area (Å²) >= 11 is 0. The lowest BCUT2D eigenvalue weighted by Gasteiger charge is -2.09. The number of nitrogens with zero attached hydrogens (tertiary/aromatic N) is 2. The van der Waals surface area contributed by atoms with Crippen LogP contribution in [0.2, 0.25) is 0 Å². The summed E-state index contributed by atoms with van der Waals surface area (Å²) in [5.41, 5.74) is 1.16. The van der Waals surface area contributed by atoms with Crippen molar-refractivity contribution >= 4 is 9.84 Å². The van der Waals surface area contributed by atoms with Crippen LogP contribution in [0.5, 0.6) is 0 Å². The van der Waals surface area contributed by atoms with Crippen LogP contribution < -0.4 is 5.32 Å². The Morgan fingerprint density at radius 3 is 2.94 bits per heavy atom. The fraction of sp³-hybridized carbons (Fsp3) is 0.727. The molecule has 1 N–H and O–H groups in total. The topological polar surface area (TPSA) is 64.0 Å². The van der Waals surface area contributed by atoms with Crippen molar-refractivity contribution in [3.05, 3.63) is 18.0 Å². The van der Waals surface area contributed by atoms with Gasteiger partial charge in [0.15, 0.2) is 15.2 Å². The van der Waals surface area contributed by atoms with Crippen molar-refractivity contribution in [2.24, 2.45) is 0 Å². The first kappa shape index (κ1) is 11.2. The summed E-state index contributed by atoms with van der Waals surface area (Å²) in [6.45, 7) is 2.01. The molecular formula is C11H17N3O2S. The van der Waals surface area contributed by atoms with Crippen molar-refractivity contribution in [2.45, 2.75) is 30.6 Å². The van der Waals surface area contributed by atoms with Crippen LogP contribution in [-0.4, -0.2) is 37.0 Å². The van der Waals surface area contributed by atoms with E-state index in [0.29, 0.717) is 18.1 Å². The second kappa shape index (κ2) is 4.10. The third kappa shape index (κ3) is 1.99. The van der Waals surface area contributed by atoms with Gasteiger partial charge in [0.25, 0.3) is 0 Å². The van der Waals surface area contributed by atoms with Crippen molar-refractivity contribution < 1.29 is 8.42 Å². The first-order valence-corrected chi connectivity index (χ1v) is 7.85. The average molecular weight is 255 g/mol. The van der Waals surface area contributed by atoms with E-state index in [1.54, 1.807) is 4.68 Å². The Kier molecular flexibility index (Phi) is 2.71. The lowest BCUT2D eigenvalue weighted by atomic mass is 10.0. The van der Waals surface area contributed by atoms with Gasteiger partial charge >= 0.3 is 0 Å². The third-order valence-electron chi connectivity index (χ3n) is 3.74. The van der Waals surface area contributed by atoms with Crippen LogP contribution in [-0.2, 0) is 9.84 Å². The molecule has 0 aliphatic carbocycles. The predicted molar refractivity (Wildman–Crippen MR) is 64.5 cm³/mol. The molecule has 94 valence electrons. The maximum absolute atomic E-state index is 11.8. The van der Waals surface area contributed by atoms with Gasteiger partial charge in [-0.15, -0.1) is 0 Å². The smallest absolute Gasteiger partial charge is 0.173 e. The first-order valence-electron chi connectivity index (χ1n) is 6.13. The maximum atomic E-state index is 11.8. The Balaban J connectivity index is 1.85. The highest BCUT2D eigenvalue weighted by Gasteiger charge is 2.33. The highest BCUT2D eigenvalue weighted by atomic mass is 32.2. The molecule has 1 aromatic heterocycles. The minimum absolute atomic E-state index is 0.303. The molecular weight excluding hydrogens is 238 g/mol. The standard InChI is InChI=1S/C11H17N3O2S/c15-17(16)5-1-2-11(17)14-8-10(7-13-14)9-3-4-12-6-9/h7-9,11-12H,1-6H2. The summed E-state index contributed by atoms with van der Waals surface area (Å²) in [6, 6.07) is 0. The van der Waals surface area contributed by atoms with E-state index in [4.69, 9.17) is 0 Å². The lowest BCUT2D eigenvalue weighted by Crippen LogP contribution is -2.15. The highest BCUT2D eigenvalue weighted by molar-refractivity contribution is 7.91. The third-order valence-corrected chi connectivity index (χ3v) is 5.88. The number of sulfone groups is 1. The molecule has 2 fully saturated rings. The van der Waals surface area contributed by atoms with E-state index in [0.717, 1.165) is 31.5 Å². The molecule has 3 heterocycles. The average Bonchev–Trinajstić information content (AvgIpc) is 2.94. The Morgan fingerprint density at radius 1 is 1.41 bits per heavy atom. The van der Waals surface area contributed by atoms with Crippen LogP contribution in [0, 0.1) is 0 Å². The second-order valence-electron chi connectivity index (χ2n) is 4.91. The van der Waals surface area contributed by atoms with E-state index < -0.39 is 15.2 Å². The SMILES string of the molecule is O=S1(=O)CCCC1n1cc(C2CCNC2)cn1. The molecule has 0 aromatic carbocycles. The van der Waals surface area contributed by atoms with Crippen LogP contribution in [0.25, 0.3) is 0 Å². The summed E-state index contributed by atoms with van der Waals surface area (Å²) in [6.07, 6.45) is 6.32. The van der Waals surface area contributed by atoms with Gasteiger partial charge in [0.1, 0.15) is 0 Å². The Bertz CT molecular complexity index is 503. The summed E-state index contributed by atoms with van der Waals surface area (Å²) in [5, 5.41) is 7.13. The van der Waals surface area contributed by atoms with Crippen molar-refractivity contribution in [1.82, 2.24) is 15.1 Å². The fourth-order valence-electron chi connectivity index (χ4n) is 2.73.